The van der Waals surface area contributed by atoms with Crippen LogP contribution in [0.4, 0.5) is 5.82 Å². The molecule has 0 spiro atoms. The lowest BCUT2D eigenvalue weighted by Crippen LogP contribution is -2.44. The maximum absolute atomic E-state index is 12.8. The second kappa shape index (κ2) is 6.79. The number of carbonyl (C=O) groups is 1. The summed E-state index contributed by atoms with van der Waals surface area (Å²) in [6.45, 7) is 3.07. The van der Waals surface area contributed by atoms with Gasteiger partial charge in [0, 0.05) is 18.8 Å². The minimum Gasteiger partial charge on any atom is -0.438 e. The van der Waals surface area contributed by atoms with Crippen molar-refractivity contribution in [1.82, 2.24) is 19.9 Å². The molecule has 0 bridgehead atoms. The molecule has 2 fully saturated rings. The molecule has 2 aliphatic rings. The second-order valence-corrected chi connectivity index (χ2v) is 6.43. The first-order chi connectivity index (χ1) is 12.2. The molecule has 1 amide bonds. The van der Waals surface area contributed by atoms with E-state index >= 15 is 0 Å². The quantitative estimate of drug-likeness (QED) is 0.907. The zero-order valence-electron chi connectivity index (χ0n) is 14.1. The number of oxazole rings is 1. The number of rotatable bonds is 4. The summed E-state index contributed by atoms with van der Waals surface area (Å²) in [5.74, 6) is 1.43. The highest BCUT2D eigenvalue weighted by atomic mass is 16.5. The lowest BCUT2D eigenvalue weighted by molar-refractivity contribution is -0.00677. The van der Waals surface area contributed by atoms with Crippen LogP contribution in [0.15, 0.2) is 23.1 Å². The van der Waals surface area contributed by atoms with E-state index in [-0.39, 0.29) is 17.7 Å². The van der Waals surface area contributed by atoms with Gasteiger partial charge in [0.1, 0.15) is 11.9 Å². The molecule has 1 atom stereocenters. The summed E-state index contributed by atoms with van der Waals surface area (Å²) in [5, 5.41) is 3.41. The third kappa shape index (κ3) is 3.21. The van der Waals surface area contributed by atoms with E-state index in [1.54, 1.807) is 18.0 Å². The maximum Gasteiger partial charge on any atom is 0.292 e. The van der Waals surface area contributed by atoms with Crippen molar-refractivity contribution in [2.45, 2.75) is 38.3 Å². The summed E-state index contributed by atoms with van der Waals surface area (Å²) in [7, 11) is 0. The van der Waals surface area contributed by atoms with Crippen LogP contribution in [0.25, 0.3) is 0 Å². The highest BCUT2D eigenvalue weighted by molar-refractivity contribution is 5.92. The van der Waals surface area contributed by atoms with Crippen LogP contribution < -0.4 is 5.32 Å². The molecule has 4 rings (SSSR count). The number of hydrogen-bond donors (Lipinski definition) is 1. The number of morpholine rings is 1. The Kier molecular flexibility index (Phi) is 4.35. The molecule has 132 valence electrons. The van der Waals surface area contributed by atoms with Crippen LogP contribution in [0.2, 0.25) is 0 Å². The van der Waals surface area contributed by atoms with E-state index < -0.39 is 0 Å². The predicted octanol–water partition coefficient (Wildman–Crippen LogP) is 1.95. The number of anilines is 1. The van der Waals surface area contributed by atoms with E-state index in [1.165, 1.54) is 25.7 Å². The topological polar surface area (TPSA) is 93.4 Å². The molecule has 2 aromatic heterocycles. The first-order valence-corrected chi connectivity index (χ1v) is 8.60. The predicted molar refractivity (Wildman–Crippen MR) is 89.1 cm³/mol. The Balaban J connectivity index is 1.57. The first kappa shape index (κ1) is 16.0. The zero-order valence-corrected chi connectivity index (χ0v) is 14.1. The van der Waals surface area contributed by atoms with Crippen molar-refractivity contribution in [1.29, 1.82) is 0 Å². The van der Waals surface area contributed by atoms with Gasteiger partial charge in [-0.2, -0.15) is 0 Å². The normalized spacial score (nSPS) is 21.0. The highest BCUT2D eigenvalue weighted by Crippen LogP contribution is 2.26. The van der Waals surface area contributed by atoms with Gasteiger partial charge in [-0.1, -0.05) is 0 Å². The Labute approximate surface area is 145 Å². The minimum absolute atomic E-state index is 0.204. The molecular formula is C17H21N5O3. The number of nitrogens with zero attached hydrogens (tertiary/aromatic N) is 4. The van der Waals surface area contributed by atoms with Gasteiger partial charge in [0.05, 0.1) is 18.9 Å². The molecule has 1 saturated heterocycles. The SMILES string of the molecule is Cc1ncoc1C(=O)N1CCOC[C@@H]1c1nccc(NC2CCC2)n1. The smallest absolute Gasteiger partial charge is 0.292 e. The molecule has 8 nitrogen and oxygen atoms in total. The molecule has 8 heteroatoms. The van der Waals surface area contributed by atoms with Crippen molar-refractivity contribution in [2.75, 3.05) is 25.1 Å². The maximum atomic E-state index is 12.8. The van der Waals surface area contributed by atoms with Crippen LogP contribution in [0.1, 0.15) is 47.4 Å². The lowest BCUT2D eigenvalue weighted by Gasteiger charge is -2.34. The van der Waals surface area contributed by atoms with Gasteiger partial charge >= 0.3 is 0 Å². The van der Waals surface area contributed by atoms with Gasteiger partial charge in [-0.05, 0) is 32.3 Å². The number of aromatic nitrogens is 3. The van der Waals surface area contributed by atoms with Gasteiger partial charge in [0.25, 0.3) is 5.91 Å². The molecule has 0 radical (unpaired) electrons. The molecule has 25 heavy (non-hydrogen) atoms. The van der Waals surface area contributed by atoms with Gasteiger partial charge in [0.2, 0.25) is 5.76 Å². The number of carbonyl (C=O) groups excluding carboxylic acids is 1. The third-order valence-corrected chi connectivity index (χ3v) is 4.76. The molecule has 2 aromatic rings. The van der Waals surface area contributed by atoms with Crippen molar-refractivity contribution in [3.8, 4) is 0 Å². The number of hydrogen-bond acceptors (Lipinski definition) is 7. The molecule has 1 saturated carbocycles. The lowest BCUT2D eigenvalue weighted by atomic mass is 9.93. The number of nitrogens with one attached hydrogen (secondary N) is 1. The Morgan fingerprint density at radius 1 is 1.36 bits per heavy atom. The Bertz CT molecular complexity index is 758. The Hall–Kier alpha value is -2.48. The summed E-state index contributed by atoms with van der Waals surface area (Å²) in [5.41, 5.74) is 0.580. The average molecular weight is 343 g/mol. The van der Waals surface area contributed by atoms with E-state index in [4.69, 9.17) is 9.15 Å². The summed E-state index contributed by atoms with van der Waals surface area (Å²) >= 11 is 0. The number of ether oxygens (including phenoxy) is 1. The number of amides is 1. The molecule has 3 heterocycles. The molecule has 0 unspecified atom stereocenters. The second-order valence-electron chi connectivity index (χ2n) is 6.43. The van der Waals surface area contributed by atoms with Gasteiger partial charge in [0.15, 0.2) is 12.2 Å². The van der Waals surface area contributed by atoms with E-state index in [1.807, 2.05) is 6.07 Å². The van der Waals surface area contributed by atoms with Crippen LogP contribution >= 0.6 is 0 Å². The summed E-state index contributed by atoms with van der Waals surface area (Å²) in [6.07, 6.45) is 6.60. The highest BCUT2D eigenvalue weighted by Gasteiger charge is 2.33. The minimum atomic E-state index is -0.339. The van der Waals surface area contributed by atoms with Crippen LogP contribution in [0.5, 0.6) is 0 Å². The fraction of sp³-hybridized carbons (Fsp3) is 0.529. The van der Waals surface area contributed by atoms with Gasteiger partial charge in [-0.3, -0.25) is 4.79 Å². The molecule has 1 aliphatic carbocycles. The Morgan fingerprint density at radius 3 is 2.96 bits per heavy atom. The first-order valence-electron chi connectivity index (χ1n) is 8.60. The van der Waals surface area contributed by atoms with Crippen molar-refractivity contribution in [3.63, 3.8) is 0 Å². The van der Waals surface area contributed by atoms with Gasteiger partial charge in [-0.25, -0.2) is 15.0 Å². The van der Waals surface area contributed by atoms with Crippen molar-refractivity contribution in [3.05, 3.63) is 35.9 Å². The van der Waals surface area contributed by atoms with Gasteiger partial charge < -0.3 is 19.4 Å². The summed E-state index contributed by atoms with van der Waals surface area (Å²) < 4.78 is 10.8. The van der Waals surface area contributed by atoms with Crippen molar-refractivity contribution < 1.29 is 13.9 Å². The summed E-state index contributed by atoms with van der Waals surface area (Å²) in [6, 6.07) is 2.01. The van der Waals surface area contributed by atoms with Crippen LogP contribution in [0.3, 0.4) is 0 Å². The fourth-order valence-corrected chi connectivity index (χ4v) is 3.07. The molecule has 1 aliphatic heterocycles. The largest absolute Gasteiger partial charge is 0.438 e. The van der Waals surface area contributed by atoms with Gasteiger partial charge in [-0.15, -0.1) is 0 Å². The summed E-state index contributed by atoms with van der Waals surface area (Å²) in [4.78, 5) is 27.6. The monoisotopic (exact) mass is 343 g/mol. The standard InChI is InChI=1S/C17H21N5O3/c1-11-15(25-10-19-11)17(23)22-7-8-24-9-13(22)16-18-6-5-14(21-16)20-12-3-2-4-12/h5-6,10,12-13H,2-4,7-9H2,1H3,(H,18,20,21)/t13-/m1/s1. The fourth-order valence-electron chi connectivity index (χ4n) is 3.07. The van der Waals surface area contributed by atoms with Crippen LogP contribution in [-0.4, -0.2) is 51.6 Å². The molecule has 0 aromatic carbocycles. The Morgan fingerprint density at radius 2 is 2.24 bits per heavy atom. The number of aryl methyl sites for hydroxylation is 1. The van der Waals surface area contributed by atoms with Crippen LogP contribution in [0, 0.1) is 6.92 Å². The van der Waals surface area contributed by atoms with Crippen LogP contribution in [-0.2, 0) is 4.74 Å². The van der Waals surface area contributed by atoms with E-state index in [0.29, 0.717) is 37.3 Å². The third-order valence-electron chi connectivity index (χ3n) is 4.76. The van der Waals surface area contributed by atoms with E-state index in [2.05, 4.69) is 20.3 Å². The van der Waals surface area contributed by atoms with Crippen molar-refractivity contribution in [2.24, 2.45) is 0 Å². The average Bonchev–Trinajstić information content (AvgIpc) is 3.04. The van der Waals surface area contributed by atoms with E-state index in [9.17, 15) is 4.79 Å². The molecule has 1 N–H and O–H groups in total. The molecular weight excluding hydrogens is 322 g/mol. The van der Waals surface area contributed by atoms with Crippen molar-refractivity contribution >= 4 is 11.7 Å². The van der Waals surface area contributed by atoms with E-state index in [0.717, 1.165) is 5.82 Å². The zero-order chi connectivity index (χ0) is 17.2.